The zero-order valence-corrected chi connectivity index (χ0v) is 8.12. The molecule has 1 heterocycles. The molecule has 1 aliphatic rings. The second-order valence-corrected chi connectivity index (χ2v) is 3.87. The Labute approximate surface area is 79.0 Å². The summed E-state index contributed by atoms with van der Waals surface area (Å²) in [6.07, 6.45) is 2.35. The first kappa shape index (κ1) is 10.3. The standard InChI is InChI=1S/C10H17NO2/c1-8-3-5-11(6-4-8)7-9(2)10(12)13/h8H,2-7H2,1H3,(H,12,13). The number of carboxylic acids is 1. The molecule has 1 rings (SSSR count). The van der Waals surface area contributed by atoms with Gasteiger partial charge < -0.3 is 5.11 Å². The molecular weight excluding hydrogens is 166 g/mol. The summed E-state index contributed by atoms with van der Waals surface area (Å²) >= 11 is 0. The van der Waals surface area contributed by atoms with E-state index < -0.39 is 5.97 Å². The lowest BCUT2D eigenvalue weighted by atomic mass is 9.99. The third-order valence-corrected chi connectivity index (χ3v) is 2.59. The van der Waals surface area contributed by atoms with E-state index in [4.69, 9.17) is 5.11 Å². The van der Waals surface area contributed by atoms with Gasteiger partial charge in [0.15, 0.2) is 0 Å². The van der Waals surface area contributed by atoms with Gasteiger partial charge in [-0.3, -0.25) is 4.90 Å². The predicted molar refractivity (Wildman–Crippen MR) is 51.6 cm³/mol. The van der Waals surface area contributed by atoms with E-state index in [9.17, 15) is 4.79 Å². The summed E-state index contributed by atoms with van der Waals surface area (Å²) < 4.78 is 0. The van der Waals surface area contributed by atoms with Crippen LogP contribution in [0.2, 0.25) is 0 Å². The molecule has 1 N–H and O–H groups in total. The number of nitrogens with zero attached hydrogens (tertiary/aromatic N) is 1. The smallest absolute Gasteiger partial charge is 0.332 e. The second kappa shape index (κ2) is 4.42. The lowest BCUT2D eigenvalue weighted by molar-refractivity contribution is -0.132. The van der Waals surface area contributed by atoms with Crippen molar-refractivity contribution in [1.29, 1.82) is 0 Å². The fourth-order valence-corrected chi connectivity index (χ4v) is 1.56. The molecule has 13 heavy (non-hydrogen) atoms. The van der Waals surface area contributed by atoms with Crippen LogP contribution in [0.4, 0.5) is 0 Å². The third-order valence-electron chi connectivity index (χ3n) is 2.59. The maximum Gasteiger partial charge on any atom is 0.332 e. The molecule has 3 heteroatoms. The maximum atomic E-state index is 10.5. The van der Waals surface area contributed by atoms with Crippen molar-refractivity contribution in [2.45, 2.75) is 19.8 Å². The van der Waals surface area contributed by atoms with Gasteiger partial charge in [-0.1, -0.05) is 13.5 Å². The molecule has 0 saturated carbocycles. The largest absolute Gasteiger partial charge is 0.478 e. The molecule has 1 fully saturated rings. The minimum atomic E-state index is -0.876. The number of hydrogen-bond donors (Lipinski definition) is 1. The van der Waals surface area contributed by atoms with E-state index in [1.807, 2.05) is 0 Å². The normalized spacial score (nSPS) is 20.1. The lowest BCUT2D eigenvalue weighted by Gasteiger charge is -2.29. The molecule has 0 bridgehead atoms. The fourth-order valence-electron chi connectivity index (χ4n) is 1.56. The van der Waals surface area contributed by atoms with Crippen LogP contribution in [0.3, 0.4) is 0 Å². The van der Waals surface area contributed by atoms with E-state index >= 15 is 0 Å². The van der Waals surface area contributed by atoms with E-state index in [2.05, 4.69) is 18.4 Å². The highest BCUT2D eigenvalue weighted by molar-refractivity contribution is 5.86. The number of rotatable bonds is 3. The topological polar surface area (TPSA) is 40.5 Å². The molecule has 0 aromatic carbocycles. The van der Waals surface area contributed by atoms with Gasteiger partial charge in [0.2, 0.25) is 0 Å². The van der Waals surface area contributed by atoms with Crippen molar-refractivity contribution < 1.29 is 9.90 Å². The molecule has 0 unspecified atom stereocenters. The zero-order valence-electron chi connectivity index (χ0n) is 8.12. The highest BCUT2D eigenvalue weighted by Gasteiger charge is 2.17. The van der Waals surface area contributed by atoms with Crippen molar-refractivity contribution >= 4 is 5.97 Å². The first-order chi connectivity index (χ1) is 6.09. The molecule has 0 aromatic heterocycles. The Kier molecular flexibility index (Phi) is 3.48. The molecule has 0 aliphatic carbocycles. The highest BCUT2D eigenvalue weighted by atomic mass is 16.4. The summed E-state index contributed by atoms with van der Waals surface area (Å²) in [5, 5.41) is 8.64. The number of likely N-dealkylation sites (tertiary alicyclic amines) is 1. The minimum absolute atomic E-state index is 0.301. The van der Waals surface area contributed by atoms with Crippen molar-refractivity contribution in [2.24, 2.45) is 5.92 Å². The second-order valence-electron chi connectivity index (χ2n) is 3.87. The SMILES string of the molecule is C=C(CN1CCC(C)CC1)C(=O)O. The minimum Gasteiger partial charge on any atom is -0.478 e. The first-order valence-corrected chi connectivity index (χ1v) is 4.73. The molecule has 3 nitrogen and oxygen atoms in total. The lowest BCUT2D eigenvalue weighted by Crippen LogP contribution is -2.35. The fraction of sp³-hybridized carbons (Fsp3) is 0.700. The van der Waals surface area contributed by atoms with Crippen molar-refractivity contribution in [1.82, 2.24) is 4.90 Å². The van der Waals surface area contributed by atoms with Gasteiger partial charge in [0.25, 0.3) is 0 Å². The Balaban J connectivity index is 2.30. The van der Waals surface area contributed by atoms with Crippen LogP contribution in [-0.4, -0.2) is 35.6 Å². The number of carbonyl (C=O) groups is 1. The molecule has 0 aromatic rings. The average Bonchev–Trinajstić information content (AvgIpc) is 2.08. The molecule has 74 valence electrons. The van der Waals surface area contributed by atoms with Crippen LogP contribution >= 0.6 is 0 Å². The molecule has 0 atom stereocenters. The number of hydrogen-bond acceptors (Lipinski definition) is 2. The summed E-state index contributed by atoms with van der Waals surface area (Å²) in [6.45, 7) is 8.30. The van der Waals surface area contributed by atoms with Crippen LogP contribution in [0, 0.1) is 5.92 Å². The van der Waals surface area contributed by atoms with Crippen molar-refractivity contribution in [2.75, 3.05) is 19.6 Å². The highest BCUT2D eigenvalue weighted by Crippen LogP contribution is 2.16. The van der Waals surface area contributed by atoms with Crippen molar-refractivity contribution in [3.8, 4) is 0 Å². The summed E-state index contributed by atoms with van der Waals surface area (Å²) in [7, 11) is 0. The predicted octanol–water partition coefficient (Wildman–Crippen LogP) is 1.36. The van der Waals surface area contributed by atoms with Crippen LogP contribution in [0.5, 0.6) is 0 Å². The summed E-state index contributed by atoms with van der Waals surface area (Å²) in [4.78, 5) is 12.7. The number of piperidine rings is 1. The molecule has 1 aliphatic heterocycles. The summed E-state index contributed by atoms with van der Waals surface area (Å²) in [5.41, 5.74) is 0.301. The van der Waals surface area contributed by atoms with Gasteiger partial charge >= 0.3 is 5.97 Å². The molecule has 0 amide bonds. The number of carboxylic acid groups (broad SMARTS) is 1. The van der Waals surface area contributed by atoms with Gasteiger partial charge in [-0.2, -0.15) is 0 Å². The van der Waals surface area contributed by atoms with Gasteiger partial charge in [-0.05, 0) is 31.8 Å². The Morgan fingerprint density at radius 2 is 2.08 bits per heavy atom. The van der Waals surface area contributed by atoms with Crippen LogP contribution < -0.4 is 0 Å². The summed E-state index contributed by atoms with van der Waals surface area (Å²) in [6, 6.07) is 0. The van der Waals surface area contributed by atoms with Gasteiger partial charge in [-0.15, -0.1) is 0 Å². The molecule has 0 spiro atoms. The van der Waals surface area contributed by atoms with E-state index in [1.165, 1.54) is 12.8 Å². The van der Waals surface area contributed by atoms with E-state index in [0.717, 1.165) is 19.0 Å². The Morgan fingerprint density at radius 3 is 2.54 bits per heavy atom. The molecule has 0 radical (unpaired) electrons. The Hall–Kier alpha value is -0.830. The molecule has 1 saturated heterocycles. The van der Waals surface area contributed by atoms with Crippen molar-refractivity contribution in [3.05, 3.63) is 12.2 Å². The first-order valence-electron chi connectivity index (χ1n) is 4.73. The summed E-state index contributed by atoms with van der Waals surface area (Å²) in [5.74, 6) is -0.0898. The Morgan fingerprint density at radius 1 is 1.54 bits per heavy atom. The monoisotopic (exact) mass is 183 g/mol. The van der Waals surface area contributed by atoms with E-state index in [0.29, 0.717) is 12.1 Å². The van der Waals surface area contributed by atoms with E-state index in [-0.39, 0.29) is 0 Å². The van der Waals surface area contributed by atoms with Gasteiger partial charge in [-0.25, -0.2) is 4.79 Å². The van der Waals surface area contributed by atoms with Gasteiger partial charge in [0.05, 0.1) is 0 Å². The maximum absolute atomic E-state index is 10.5. The Bertz CT molecular complexity index is 205. The quantitative estimate of drug-likeness (QED) is 0.672. The van der Waals surface area contributed by atoms with Crippen LogP contribution in [0.15, 0.2) is 12.2 Å². The number of aliphatic carboxylic acids is 1. The van der Waals surface area contributed by atoms with Crippen LogP contribution in [0.25, 0.3) is 0 Å². The van der Waals surface area contributed by atoms with Gasteiger partial charge in [0.1, 0.15) is 0 Å². The van der Waals surface area contributed by atoms with E-state index in [1.54, 1.807) is 0 Å². The van der Waals surface area contributed by atoms with Crippen LogP contribution in [-0.2, 0) is 4.79 Å². The zero-order chi connectivity index (χ0) is 9.84. The van der Waals surface area contributed by atoms with Gasteiger partial charge in [0, 0.05) is 12.1 Å². The average molecular weight is 183 g/mol. The van der Waals surface area contributed by atoms with Crippen LogP contribution in [0.1, 0.15) is 19.8 Å². The molecular formula is C10H17NO2. The third kappa shape index (κ3) is 3.19. The van der Waals surface area contributed by atoms with Crippen molar-refractivity contribution in [3.63, 3.8) is 0 Å².